The highest BCUT2D eigenvalue weighted by Gasteiger charge is 2.14. The molecule has 3 aromatic heterocycles. The SMILES string of the molecule is [B]/C(Br)=C\c1cnn2c(NCc3cccnc3)cc(-c3ccccc3F)nc12. The molecule has 1 aromatic carbocycles. The lowest BCUT2D eigenvalue weighted by atomic mass is 10.1. The summed E-state index contributed by atoms with van der Waals surface area (Å²) in [6, 6.07) is 12.2. The maximum absolute atomic E-state index is 14.4. The van der Waals surface area contributed by atoms with E-state index in [0.29, 0.717) is 33.6 Å². The largest absolute Gasteiger partial charge is 0.366 e. The highest BCUT2D eigenvalue weighted by atomic mass is 79.9. The van der Waals surface area contributed by atoms with Crippen LogP contribution in [0.3, 0.4) is 0 Å². The molecular weight excluding hydrogens is 420 g/mol. The molecule has 8 heteroatoms. The monoisotopic (exact) mass is 433 g/mol. The second-order valence-corrected chi connectivity index (χ2v) is 7.00. The molecule has 0 bridgehead atoms. The van der Waals surface area contributed by atoms with Crippen LogP contribution in [-0.4, -0.2) is 27.4 Å². The van der Waals surface area contributed by atoms with E-state index in [1.165, 1.54) is 6.07 Å². The summed E-state index contributed by atoms with van der Waals surface area (Å²) < 4.78 is 16.5. The minimum atomic E-state index is -0.339. The number of hydrogen-bond acceptors (Lipinski definition) is 4. The van der Waals surface area contributed by atoms with Gasteiger partial charge in [0, 0.05) is 36.1 Å². The third-order valence-electron chi connectivity index (χ3n) is 4.14. The van der Waals surface area contributed by atoms with E-state index < -0.39 is 0 Å². The van der Waals surface area contributed by atoms with Crippen molar-refractivity contribution in [3.63, 3.8) is 0 Å². The predicted octanol–water partition coefficient (Wildman–Crippen LogP) is 4.40. The average Bonchev–Trinajstić information content (AvgIpc) is 3.09. The summed E-state index contributed by atoms with van der Waals surface area (Å²) in [6.45, 7) is 0.537. The number of anilines is 1. The van der Waals surface area contributed by atoms with E-state index in [1.807, 2.05) is 12.1 Å². The highest BCUT2D eigenvalue weighted by Crippen LogP contribution is 2.27. The molecule has 4 rings (SSSR count). The van der Waals surface area contributed by atoms with Gasteiger partial charge in [0.2, 0.25) is 0 Å². The molecule has 0 aliphatic rings. The average molecular weight is 434 g/mol. The smallest absolute Gasteiger partial charge is 0.165 e. The lowest BCUT2D eigenvalue weighted by Crippen LogP contribution is -2.07. The number of rotatable bonds is 5. The molecule has 0 spiro atoms. The van der Waals surface area contributed by atoms with E-state index >= 15 is 0 Å². The number of benzene rings is 1. The van der Waals surface area contributed by atoms with Crippen molar-refractivity contribution in [2.24, 2.45) is 0 Å². The van der Waals surface area contributed by atoms with Crippen molar-refractivity contribution in [1.82, 2.24) is 19.6 Å². The number of halogens is 2. The van der Waals surface area contributed by atoms with Crippen LogP contribution in [0.4, 0.5) is 10.2 Å². The Balaban J connectivity index is 1.83. The summed E-state index contributed by atoms with van der Waals surface area (Å²) in [7, 11) is 5.75. The van der Waals surface area contributed by atoms with Gasteiger partial charge in [-0.25, -0.2) is 9.37 Å². The molecule has 0 atom stereocenters. The Labute approximate surface area is 170 Å². The molecule has 2 radical (unpaired) electrons. The summed E-state index contributed by atoms with van der Waals surface area (Å²) in [5.41, 5.74) is 3.21. The molecule has 28 heavy (non-hydrogen) atoms. The van der Waals surface area contributed by atoms with Crippen LogP contribution in [0.1, 0.15) is 11.1 Å². The summed E-state index contributed by atoms with van der Waals surface area (Å²) in [5, 5.41) is 7.74. The molecule has 0 aliphatic heterocycles. The van der Waals surface area contributed by atoms with Gasteiger partial charge in [0.05, 0.1) is 11.9 Å². The standard InChI is InChI=1S/C20H14BBrFN5/c21-18(22)8-14-12-26-28-19(25-11-13-4-3-7-24-10-13)9-17(27-20(14)28)15-5-1-2-6-16(15)23/h1-10,12,25H,11H2/b18-8+. The number of nitrogens with one attached hydrogen (secondary N) is 1. The van der Waals surface area contributed by atoms with Gasteiger partial charge in [-0.2, -0.15) is 9.61 Å². The summed E-state index contributed by atoms with van der Waals surface area (Å²) in [4.78, 5) is 8.74. The topological polar surface area (TPSA) is 55.1 Å². The van der Waals surface area contributed by atoms with Gasteiger partial charge in [0.25, 0.3) is 0 Å². The Bertz CT molecular complexity index is 1160. The predicted molar refractivity (Wildman–Crippen MR) is 113 cm³/mol. The van der Waals surface area contributed by atoms with Crippen molar-refractivity contribution in [1.29, 1.82) is 0 Å². The van der Waals surface area contributed by atoms with Gasteiger partial charge >= 0.3 is 0 Å². The van der Waals surface area contributed by atoms with Crippen molar-refractivity contribution in [3.05, 3.63) is 82.4 Å². The van der Waals surface area contributed by atoms with E-state index in [9.17, 15) is 4.39 Å². The fourth-order valence-electron chi connectivity index (χ4n) is 2.86. The van der Waals surface area contributed by atoms with Gasteiger partial charge in [-0.1, -0.05) is 38.5 Å². The number of nitrogens with zero attached hydrogens (tertiary/aromatic N) is 4. The van der Waals surface area contributed by atoms with E-state index in [2.05, 4.69) is 36.3 Å². The Morgan fingerprint density at radius 1 is 1.21 bits per heavy atom. The van der Waals surface area contributed by atoms with E-state index in [-0.39, 0.29) is 5.82 Å². The lowest BCUT2D eigenvalue weighted by molar-refractivity contribution is 0.630. The van der Waals surface area contributed by atoms with Crippen molar-refractivity contribution in [2.45, 2.75) is 6.54 Å². The first kappa shape index (κ1) is 18.4. The zero-order valence-electron chi connectivity index (χ0n) is 14.7. The molecule has 5 nitrogen and oxygen atoms in total. The van der Waals surface area contributed by atoms with Crippen LogP contribution >= 0.6 is 15.9 Å². The van der Waals surface area contributed by atoms with Crippen molar-refractivity contribution < 1.29 is 4.39 Å². The van der Waals surface area contributed by atoms with Crippen molar-refractivity contribution in [2.75, 3.05) is 5.32 Å². The number of fused-ring (bicyclic) bond motifs is 1. The number of hydrogen-bond donors (Lipinski definition) is 1. The van der Waals surface area contributed by atoms with Crippen LogP contribution in [-0.2, 0) is 6.54 Å². The molecule has 1 N–H and O–H groups in total. The molecule has 0 aliphatic carbocycles. The van der Waals surface area contributed by atoms with Crippen LogP contribution < -0.4 is 5.32 Å². The molecule has 0 unspecified atom stereocenters. The summed E-state index contributed by atoms with van der Waals surface area (Å²) in [6.07, 6.45) is 6.88. The maximum Gasteiger partial charge on any atom is 0.165 e. The Kier molecular flexibility index (Phi) is 5.21. The summed E-state index contributed by atoms with van der Waals surface area (Å²) >= 11 is 3.23. The molecule has 136 valence electrons. The van der Waals surface area contributed by atoms with Crippen LogP contribution in [0.15, 0.2) is 65.4 Å². The van der Waals surface area contributed by atoms with Gasteiger partial charge in [-0.3, -0.25) is 4.98 Å². The Morgan fingerprint density at radius 2 is 2.07 bits per heavy atom. The first-order chi connectivity index (χ1) is 13.6. The molecular formula is C20H14BBrFN5. The highest BCUT2D eigenvalue weighted by molar-refractivity contribution is 9.12. The van der Waals surface area contributed by atoms with Gasteiger partial charge in [0.15, 0.2) is 5.65 Å². The molecule has 0 amide bonds. The molecule has 0 saturated carbocycles. The minimum Gasteiger partial charge on any atom is -0.366 e. The normalized spacial score (nSPS) is 11.7. The van der Waals surface area contributed by atoms with Gasteiger partial charge in [-0.05, 0) is 29.8 Å². The van der Waals surface area contributed by atoms with Gasteiger partial charge in [0.1, 0.15) is 19.5 Å². The Morgan fingerprint density at radius 3 is 2.82 bits per heavy atom. The quantitative estimate of drug-likeness (QED) is 0.474. The van der Waals surface area contributed by atoms with Crippen molar-refractivity contribution >= 4 is 41.3 Å². The number of pyridine rings is 1. The molecule has 4 aromatic rings. The Hall–Kier alpha value is -3.00. The fourth-order valence-corrected chi connectivity index (χ4v) is 3.10. The van der Waals surface area contributed by atoms with Crippen LogP contribution in [0.2, 0.25) is 0 Å². The van der Waals surface area contributed by atoms with Crippen LogP contribution in [0.5, 0.6) is 0 Å². The minimum absolute atomic E-state index is 0.339. The zero-order chi connectivity index (χ0) is 19.5. The maximum atomic E-state index is 14.4. The second kappa shape index (κ2) is 7.94. The molecule has 3 heterocycles. The molecule has 0 fully saturated rings. The first-order valence-corrected chi connectivity index (χ1v) is 9.30. The van der Waals surface area contributed by atoms with Crippen molar-refractivity contribution in [3.8, 4) is 11.3 Å². The van der Waals surface area contributed by atoms with E-state index in [0.717, 1.165) is 11.1 Å². The van der Waals surface area contributed by atoms with E-state index in [1.54, 1.807) is 53.4 Å². The van der Waals surface area contributed by atoms with Crippen LogP contribution in [0, 0.1) is 5.82 Å². The first-order valence-electron chi connectivity index (χ1n) is 8.51. The number of aromatic nitrogens is 4. The zero-order valence-corrected chi connectivity index (χ0v) is 16.3. The fraction of sp³-hybridized carbons (Fsp3) is 0.0500. The third-order valence-corrected chi connectivity index (χ3v) is 4.37. The second-order valence-electron chi connectivity index (χ2n) is 6.09. The van der Waals surface area contributed by atoms with Gasteiger partial charge in [-0.15, -0.1) is 0 Å². The third kappa shape index (κ3) is 3.82. The van der Waals surface area contributed by atoms with Gasteiger partial charge < -0.3 is 5.32 Å². The van der Waals surface area contributed by atoms with E-state index in [4.69, 9.17) is 7.85 Å². The molecule has 0 saturated heterocycles. The lowest BCUT2D eigenvalue weighted by Gasteiger charge is -2.11. The summed E-state index contributed by atoms with van der Waals surface area (Å²) in [5.74, 6) is 0.342. The van der Waals surface area contributed by atoms with Crippen LogP contribution in [0.25, 0.3) is 23.0 Å².